The Morgan fingerprint density at radius 3 is 2.91 bits per heavy atom. The molecule has 23 heavy (non-hydrogen) atoms. The van der Waals surface area contributed by atoms with Crippen LogP contribution >= 0.6 is 11.8 Å². The number of amides is 1. The van der Waals surface area contributed by atoms with E-state index in [1.807, 2.05) is 22.7 Å². The second-order valence-corrected chi connectivity index (χ2v) is 6.68. The average molecular weight is 328 g/mol. The summed E-state index contributed by atoms with van der Waals surface area (Å²) in [6.07, 6.45) is 2.69. The molecule has 2 heterocycles. The molecule has 120 valence electrons. The van der Waals surface area contributed by atoms with Crippen molar-refractivity contribution in [2.24, 2.45) is 5.92 Å². The van der Waals surface area contributed by atoms with Crippen LogP contribution < -0.4 is 4.74 Å². The maximum Gasteiger partial charge on any atom is 0.259 e. The van der Waals surface area contributed by atoms with Crippen LogP contribution in [0.5, 0.6) is 5.88 Å². The molecule has 1 aliphatic rings. The van der Waals surface area contributed by atoms with Gasteiger partial charge in [0.05, 0.1) is 7.11 Å². The number of hydrogen-bond donors (Lipinski definition) is 0. The number of nitrogens with zero attached hydrogens (tertiary/aromatic N) is 2. The molecule has 1 amide bonds. The second-order valence-electron chi connectivity index (χ2n) is 5.59. The van der Waals surface area contributed by atoms with Gasteiger partial charge in [0.2, 0.25) is 5.88 Å². The van der Waals surface area contributed by atoms with Crippen molar-refractivity contribution in [1.29, 1.82) is 0 Å². The highest BCUT2D eigenvalue weighted by Gasteiger charge is 2.28. The summed E-state index contributed by atoms with van der Waals surface area (Å²) in [5.41, 5.74) is 0.548. The van der Waals surface area contributed by atoms with E-state index in [0.717, 1.165) is 25.3 Å². The molecular weight excluding hydrogens is 308 g/mol. The number of thioether (sulfide) groups is 1. The van der Waals surface area contributed by atoms with Crippen LogP contribution in [0.2, 0.25) is 0 Å². The lowest BCUT2D eigenvalue weighted by atomic mass is 10.2. The Hall–Kier alpha value is -2.01. The number of carbonyl (C=O) groups is 1. The molecule has 1 fully saturated rings. The van der Waals surface area contributed by atoms with Crippen LogP contribution in [0, 0.1) is 5.92 Å². The van der Waals surface area contributed by atoms with Gasteiger partial charge in [-0.25, -0.2) is 4.98 Å². The van der Waals surface area contributed by atoms with Gasteiger partial charge in [0.15, 0.2) is 0 Å². The number of likely N-dealkylation sites (tertiary alicyclic amines) is 1. The fraction of sp³-hybridized carbons (Fsp3) is 0.333. The Kier molecular flexibility index (Phi) is 5.18. The van der Waals surface area contributed by atoms with Crippen molar-refractivity contribution in [2.45, 2.75) is 11.3 Å². The quantitative estimate of drug-likeness (QED) is 0.790. The zero-order valence-corrected chi connectivity index (χ0v) is 14.0. The summed E-state index contributed by atoms with van der Waals surface area (Å²) in [7, 11) is 1.54. The van der Waals surface area contributed by atoms with Gasteiger partial charge in [-0.15, -0.1) is 11.8 Å². The summed E-state index contributed by atoms with van der Waals surface area (Å²) in [6, 6.07) is 13.9. The summed E-state index contributed by atoms with van der Waals surface area (Å²) in [6.45, 7) is 1.60. The number of ether oxygens (including phenoxy) is 1. The Labute approximate surface area is 140 Å². The van der Waals surface area contributed by atoms with Gasteiger partial charge in [-0.2, -0.15) is 0 Å². The highest BCUT2D eigenvalue weighted by molar-refractivity contribution is 7.99. The fourth-order valence-corrected chi connectivity index (χ4v) is 3.82. The predicted molar refractivity (Wildman–Crippen MR) is 92.0 cm³/mol. The summed E-state index contributed by atoms with van der Waals surface area (Å²) >= 11 is 1.86. The first-order chi connectivity index (χ1) is 11.3. The zero-order valence-electron chi connectivity index (χ0n) is 13.1. The number of rotatable bonds is 5. The topological polar surface area (TPSA) is 42.4 Å². The van der Waals surface area contributed by atoms with E-state index in [-0.39, 0.29) is 5.91 Å². The zero-order chi connectivity index (χ0) is 16.1. The Bertz CT molecular complexity index is 663. The van der Waals surface area contributed by atoms with Gasteiger partial charge < -0.3 is 9.64 Å². The van der Waals surface area contributed by atoms with Gasteiger partial charge in [-0.1, -0.05) is 18.2 Å². The van der Waals surface area contributed by atoms with Gasteiger partial charge >= 0.3 is 0 Å². The predicted octanol–water partition coefficient (Wildman–Crippen LogP) is 3.34. The van der Waals surface area contributed by atoms with Crippen molar-refractivity contribution in [2.75, 3.05) is 26.0 Å². The molecule has 2 aromatic rings. The maximum absolute atomic E-state index is 12.6. The molecule has 3 rings (SSSR count). The first-order valence-corrected chi connectivity index (χ1v) is 8.72. The molecule has 1 aromatic heterocycles. The van der Waals surface area contributed by atoms with Gasteiger partial charge in [0.25, 0.3) is 5.91 Å². The monoisotopic (exact) mass is 328 g/mol. The van der Waals surface area contributed by atoms with Crippen LogP contribution in [0.25, 0.3) is 0 Å². The molecule has 0 N–H and O–H groups in total. The number of methoxy groups -OCH3 is 1. The summed E-state index contributed by atoms with van der Waals surface area (Å²) < 4.78 is 5.20. The standard InChI is InChI=1S/C18H20N2O2S/c1-22-17-16(8-5-10-19-17)18(21)20-11-9-14(12-20)13-23-15-6-3-2-4-7-15/h2-8,10,14H,9,11-13H2,1H3/t14-/m0/s1. The van der Waals surface area contributed by atoms with E-state index in [0.29, 0.717) is 17.4 Å². The van der Waals surface area contributed by atoms with Gasteiger partial charge in [-0.3, -0.25) is 4.79 Å². The third-order valence-electron chi connectivity index (χ3n) is 4.00. The van der Waals surface area contributed by atoms with Crippen LogP contribution in [0.1, 0.15) is 16.8 Å². The molecule has 1 atom stereocenters. The number of hydrogen-bond acceptors (Lipinski definition) is 4. The van der Waals surface area contributed by atoms with Crippen LogP contribution in [0.4, 0.5) is 0 Å². The van der Waals surface area contributed by atoms with E-state index in [4.69, 9.17) is 4.74 Å². The minimum Gasteiger partial charge on any atom is -0.480 e. The number of carbonyl (C=O) groups excluding carboxylic acids is 1. The Morgan fingerprint density at radius 1 is 1.30 bits per heavy atom. The molecule has 0 radical (unpaired) electrons. The van der Waals surface area contributed by atoms with Crippen LogP contribution in [0.3, 0.4) is 0 Å². The minimum atomic E-state index is 0.0159. The van der Waals surface area contributed by atoms with E-state index >= 15 is 0 Å². The average Bonchev–Trinajstić information content (AvgIpc) is 3.09. The van der Waals surface area contributed by atoms with E-state index < -0.39 is 0 Å². The third-order valence-corrected chi connectivity index (χ3v) is 5.24. The van der Waals surface area contributed by atoms with Gasteiger partial charge in [-0.05, 0) is 36.6 Å². The van der Waals surface area contributed by atoms with E-state index in [1.54, 1.807) is 25.4 Å². The molecule has 0 unspecified atom stereocenters. The lowest BCUT2D eigenvalue weighted by molar-refractivity contribution is 0.0784. The molecule has 1 saturated heterocycles. The molecule has 4 nitrogen and oxygen atoms in total. The van der Waals surface area contributed by atoms with E-state index in [2.05, 4.69) is 29.2 Å². The van der Waals surface area contributed by atoms with E-state index in [9.17, 15) is 4.79 Å². The highest BCUT2D eigenvalue weighted by atomic mass is 32.2. The van der Waals surface area contributed by atoms with Gasteiger partial charge in [0, 0.05) is 29.9 Å². The maximum atomic E-state index is 12.6. The number of aromatic nitrogens is 1. The third kappa shape index (κ3) is 3.85. The number of pyridine rings is 1. The molecule has 0 aliphatic carbocycles. The van der Waals surface area contributed by atoms with Crippen LogP contribution in [-0.2, 0) is 0 Å². The van der Waals surface area contributed by atoms with Crippen molar-refractivity contribution in [3.8, 4) is 5.88 Å². The molecular formula is C18H20N2O2S. The summed E-state index contributed by atoms with van der Waals surface area (Å²) in [5, 5.41) is 0. The molecule has 1 aliphatic heterocycles. The largest absolute Gasteiger partial charge is 0.480 e. The van der Waals surface area contributed by atoms with E-state index in [1.165, 1.54) is 4.90 Å². The Balaban J connectivity index is 1.58. The highest BCUT2D eigenvalue weighted by Crippen LogP contribution is 2.27. The van der Waals surface area contributed by atoms with Crippen molar-refractivity contribution in [1.82, 2.24) is 9.88 Å². The molecule has 5 heteroatoms. The Morgan fingerprint density at radius 2 is 2.13 bits per heavy atom. The first-order valence-electron chi connectivity index (χ1n) is 7.74. The summed E-state index contributed by atoms with van der Waals surface area (Å²) in [5.74, 6) is 1.99. The first kappa shape index (κ1) is 15.9. The molecule has 0 spiro atoms. The van der Waals surface area contributed by atoms with Crippen molar-refractivity contribution < 1.29 is 9.53 Å². The lowest BCUT2D eigenvalue weighted by Gasteiger charge is -2.17. The van der Waals surface area contributed by atoms with Crippen LogP contribution in [-0.4, -0.2) is 41.7 Å². The van der Waals surface area contributed by atoms with Crippen LogP contribution in [0.15, 0.2) is 53.6 Å². The SMILES string of the molecule is COc1ncccc1C(=O)N1CC[C@H](CSc2ccccc2)C1. The van der Waals surface area contributed by atoms with Crippen molar-refractivity contribution in [3.05, 3.63) is 54.2 Å². The fourth-order valence-electron chi connectivity index (χ4n) is 2.77. The van der Waals surface area contributed by atoms with Crippen molar-refractivity contribution >= 4 is 17.7 Å². The molecule has 1 aromatic carbocycles. The van der Waals surface area contributed by atoms with Gasteiger partial charge in [0.1, 0.15) is 5.56 Å². The second kappa shape index (κ2) is 7.51. The van der Waals surface area contributed by atoms with Crippen molar-refractivity contribution in [3.63, 3.8) is 0 Å². The summed E-state index contributed by atoms with van der Waals surface area (Å²) in [4.78, 5) is 20.0. The lowest BCUT2D eigenvalue weighted by Crippen LogP contribution is -2.29. The smallest absolute Gasteiger partial charge is 0.259 e. The molecule has 0 saturated carbocycles. The number of benzene rings is 1. The normalized spacial score (nSPS) is 17.3. The minimum absolute atomic E-state index is 0.0159. The molecule has 0 bridgehead atoms.